The molecule has 1 heterocycles. The first kappa shape index (κ1) is 18.3. The van der Waals surface area contributed by atoms with Gasteiger partial charge in [0.05, 0.1) is 10.9 Å². The first-order chi connectivity index (χ1) is 11.6. The Morgan fingerprint density at radius 2 is 1.96 bits per heavy atom. The van der Waals surface area contributed by atoms with E-state index in [1.54, 1.807) is 6.20 Å². The second kappa shape index (κ2) is 9.93. The van der Waals surface area contributed by atoms with E-state index in [-0.39, 0.29) is 0 Å². The number of aromatic nitrogens is 2. The Morgan fingerprint density at radius 3 is 2.62 bits per heavy atom. The summed E-state index contributed by atoms with van der Waals surface area (Å²) in [7, 11) is 0. The largest absolute Gasteiger partial charge is 0.487 e. The third-order valence-electron chi connectivity index (χ3n) is 3.68. The summed E-state index contributed by atoms with van der Waals surface area (Å²) in [5, 5.41) is 8.22. The van der Waals surface area contributed by atoms with Crippen LogP contribution in [-0.2, 0) is 17.8 Å². The lowest BCUT2D eigenvalue weighted by atomic mass is 10.1. The van der Waals surface area contributed by atoms with Gasteiger partial charge in [-0.1, -0.05) is 25.0 Å². The highest BCUT2D eigenvalue weighted by Crippen LogP contribution is 2.16. The maximum Gasteiger partial charge on any atom is 0.316 e. The minimum Gasteiger partial charge on any atom is -0.487 e. The van der Waals surface area contributed by atoms with Crippen molar-refractivity contribution in [2.45, 2.75) is 44.0 Å². The van der Waals surface area contributed by atoms with Gasteiger partial charge in [0.15, 0.2) is 0 Å². The number of hydrogen-bond acceptors (Lipinski definition) is 5. The summed E-state index contributed by atoms with van der Waals surface area (Å²) in [5.41, 5.74) is 2.10. The molecule has 0 amide bonds. The summed E-state index contributed by atoms with van der Waals surface area (Å²) in [5.74, 6) is -0.0207. The van der Waals surface area contributed by atoms with Crippen molar-refractivity contribution < 1.29 is 14.6 Å². The van der Waals surface area contributed by atoms with E-state index in [4.69, 9.17) is 9.84 Å². The van der Waals surface area contributed by atoms with E-state index in [1.165, 1.54) is 11.9 Å². The number of ether oxygens (including phenoxy) is 1. The van der Waals surface area contributed by atoms with Crippen LogP contribution in [0.1, 0.15) is 36.9 Å². The molecule has 0 saturated heterocycles. The Bertz CT molecular complexity index is 620. The SMILES string of the molecule is O=C(O)C(S)CCCCCc1ccc(OCc2ccncn2)cc1. The standard InChI is InChI=1S/C18H22N2O3S/c21-18(22)17(24)5-3-1-2-4-14-6-8-16(9-7-14)23-12-15-10-11-19-13-20-15/h6-11,13,17,24H,1-5,12H2,(H,21,22). The summed E-state index contributed by atoms with van der Waals surface area (Å²) in [6.45, 7) is 0.427. The van der Waals surface area contributed by atoms with Crippen molar-refractivity contribution in [2.75, 3.05) is 0 Å². The molecule has 0 fully saturated rings. The second-order valence-electron chi connectivity index (χ2n) is 5.59. The van der Waals surface area contributed by atoms with Gasteiger partial charge >= 0.3 is 5.97 Å². The quantitative estimate of drug-likeness (QED) is 0.508. The van der Waals surface area contributed by atoms with Crippen molar-refractivity contribution in [2.24, 2.45) is 0 Å². The Labute approximate surface area is 147 Å². The normalized spacial score (nSPS) is 11.9. The van der Waals surface area contributed by atoms with Crippen molar-refractivity contribution >= 4 is 18.6 Å². The topological polar surface area (TPSA) is 72.3 Å². The van der Waals surface area contributed by atoms with Crippen molar-refractivity contribution in [1.82, 2.24) is 9.97 Å². The number of carboxylic acid groups (broad SMARTS) is 1. The van der Waals surface area contributed by atoms with Gasteiger partial charge in [-0.25, -0.2) is 9.97 Å². The number of unbranched alkanes of at least 4 members (excludes halogenated alkanes) is 2. The number of thiol groups is 1. The number of nitrogens with zero attached hydrogens (tertiary/aromatic N) is 2. The molecule has 2 rings (SSSR count). The van der Waals surface area contributed by atoms with E-state index in [9.17, 15) is 4.79 Å². The number of carboxylic acids is 1. The summed E-state index contributed by atoms with van der Waals surface area (Å²) < 4.78 is 5.68. The van der Waals surface area contributed by atoms with Crippen LogP contribution in [0.2, 0.25) is 0 Å². The predicted octanol–water partition coefficient (Wildman–Crippen LogP) is 3.54. The zero-order chi connectivity index (χ0) is 17.2. The summed E-state index contributed by atoms with van der Waals surface area (Å²) in [6.07, 6.45) is 7.75. The van der Waals surface area contributed by atoms with Crippen molar-refractivity contribution in [3.8, 4) is 5.75 Å². The number of rotatable bonds is 10. The monoisotopic (exact) mass is 346 g/mol. The van der Waals surface area contributed by atoms with Crippen LogP contribution in [0.15, 0.2) is 42.9 Å². The molecule has 1 N–H and O–H groups in total. The number of benzene rings is 1. The maximum absolute atomic E-state index is 10.7. The van der Waals surface area contributed by atoms with Crippen LogP contribution >= 0.6 is 12.6 Å². The molecule has 1 aromatic carbocycles. The summed E-state index contributed by atoms with van der Waals surface area (Å²) in [6, 6.07) is 9.88. The lowest BCUT2D eigenvalue weighted by Crippen LogP contribution is -2.12. The average Bonchev–Trinajstić information content (AvgIpc) is 2.61. The molecule has 0 bridgehead atoms. The molecular formula is C18H22N2O3S. The van der Waals surface area contributed by atoms with Crippen molar-refractivity contribution in [3.63, 3.8) is 0 Å². The highest BCUT2D eigenvalue weighted by atomic mass is 32.1. The Balaban J connectivity index is 1.66. The molecule has 1 atom stereocenters. The molecule has 1 aromatic heterocycles. The fourth-order valence-electron chi connectivity index (χ4n) is 2.28. The predicted molar refractivity (Wildman–Crippen MR) is 95.4 cm³/mol. The smallest absolute Gasteiger partial charge is 0.316 e. The molecule has 5 nitrogen and oxygen atoms in total. The highest BCUT2D eigenvalue weighted by molar-refractivity contribution is 7.81. The zero-order valence-electron chi connectivity index (χ0n) is 13.5. The third kappa shape index (κ3) is 6.58. The van der Waals surface area contributed by atoms with Gasteiger partial charge in [0.1, 0.15) is 18.7 Å². The fraction of sp³-hybridized carbons (Fsp3) is 0.389. The second-order valence-corrected chi connectivity index (χ2v) is 6.21. The van der Waals surface area contributed by atoms with Gasteiger partial charge in [-0.15, -0.1) is 0 Å². The van der Waals surface area contributed by atoms with Crippen molar-refractivity contribution in [3.05, 3.63) is 54.1 Å². The van der Waals surface area contributed by atoms with Gasteiger partial charge < -0.3 is 9.84 Å². The minimum absolute atomic E-state index is 0.427. The molecule has 24 heavy (non-hydrogen) atoms. The third-order valence-corrected chi connectivity index (χ3v) is 4.16. The molecule has 128 valence electrons. The number of carbonyl (C=O) groups is 1. The Kier molecular flexibility index (Phi) is 7.55. The van der Waals surface area contributed by atoms with E-state index in [1.807, 2.05) is 18.2 Å². The molecule has 0 aliphatic rings. The van der Waals surface area contributed by atoms with Crippen LogP contribution < -0.4 is 4.74 Å². The summed E-state index contributed by atoms with van der Waals surface area (Å²) in [4.78, 5) is 18.7. The van der Waals surface area contributed by atoms with E-state index in [2.05, 4.69) is 34.7 Å². The van der Waals surface area contributed by atoms with Gasteiger partial charge in [0.25, 0.3) is 0 Å². The molecule has 0 aliphatic carbocycles. The average molecular weight is 346 g/mol. The molecular weight excluding hydrogens is 324 g/mol. The van der Waals surface area contributed by atoms with E-state index in [0.29, 0.717) is 13.0 Å². The zero-order valence-corrected chi connectivity index (χ0v) is 14.4. The van der Waals surface area contributed by atoms with Gasteiger partial charge in [-0.3, -0.25) is 4.79 Å². The number of hydrogen-bond donors (Lipinski definition) is 2. The molecule has 0 radical (unpaired) electrons. The van der Waals surface area contributed by atoms with Crippen LogP contribution in [0.4, 0.5) is 0 Å². The van der Waals surface area contributed by atoms with Gasteiger partial charge in [0, 0.05) is 6.20 Å². The molecule has 2 aromatic rings. The Hall–Kier alpha value is -2.08. The van der Waals surface area contributed by atoms with E-state index < -0.39 is 11.2 Å². The Morgan fingerprint density at radius 1 is 1.17 bits per heavy atom. The number of aryl methyl sites for hydroxylation is 1. The first-order valence-electron chi connectivity index (χ1n) is 8.02. The lowest BCUT2D eigenvalue weighted by molar-refractivity contribution is -0.136. The van der Waals surface area contributed by atoms with Gasteiger partial charge in [0.2, 0.25) is 0 Å². The van der Waals surface area contributed by atoms with Crippen LogP contribution in [0, 0.1) is 0 Å². The van der Waals surface area contributed by atoms with E-state index >= 15 is 0 Å². The van der Waals surface area contributed by atoms with Crippen LogP contribution in [0.5, 0.6) is 5.75 Å². The fourth-order valence-corrected chi connectivity index (χ4v) is 2.46. The van der Waals surface area contributed by atoms with Crippen LogP contribution in [-0.4, -0.2) is 26.3 Å². The maximum atomic E-state index is 10.7. The van der Waals surface area contributed by atoms with Crippen LogP contribution in [0.3, 0.4) is 0 Å². The summed E-state index contributed by atoms with van der Waals surface area (Å²) >= 11 is 4.03. The van der Waals surface area contributed by atoms with Crippen LogP contribution in [0.25, 0.3) is 0 Å². The first-order valence-corrected chi connectivity index (χ1v) is 8.54. The molecule has 1 unspecified atom stereocenters. The highest BCUT2D eigenvalue weighted by Gasteiger charge is 2.10. The van der Waals surface area contributed by atoms with E-state index in [0.717, 1.165) is 37.1 Å². The van der Waals surface area contributed by atoms with Crippen molar-refractivity contribution in [1.29, 1.82) is 0 Å². The molecule has 0 saturated carbocycles. The molecule has 0 spiro atoms. The molecule has 0 aliphatic heterocycles. The number of aliphatic carboxylic acids is 1. The molecule has 6 heteroatoms. The van der Waals surface area contributed by atoms with Gasteiger partial charge in [-0.05, 0) is 43.0 Å². The lowest BCUT2D eigenvalue weighted by Gasteiger charge is -2.07. The minimum atomic E-state index is -0.837. The van der Waals surface area contributed by atoms with Gasteiger partial charge in [-0.2, -0.15) is 12.6 Å².